The Labute approximate surface area is 98.1 Å². The summed E-state index contributed by atoms with van der Waals surface area (Å²) < 4.78 is 10.6. The Morgan fingerprint density at radius 3 is 1.56 bits per heavy atom. The highest BCUT2D eigenvalue weighted by Crippen LogP contribution is 2.10. The lowest BCUT2D eigenvalue weighted by Crippen LogP contribution is -2.33. The first-order chi connectivity index (χ1) is 7.22. The first kappa shape index (κ1) is 15.0. The van der Waals surface area contributed by atoms with E-state index in [0.29, 0.717) is 0 Å². The second kappa shape index (κ2) is 5.92. The lowest BCUT2D eigenvalue weighted by Gasteiger charge is -2.24. The van der Waals surface area contributed by atoms with Crippen LogP contribution < -0.4 is 0 Å². The Hall–Kier alpha value is -1.00. The third kappa shape index (κ3) is 6.48. The van der Waals surface area contributed by atoms with Crippen LogP contribution in [-0.2, 0) is 9.47 Å². The molecule has 0 aromatic heterocycles. The Kier molecular flexibility index (Phi) is 5.55. The lowest BCUT2D eigenvalue weighted by molar-refractivity contribution is -0.0788. The van der Waals surface area contributed by atoms with Crippen molar-refractivity contribution in [1.82, 2.24) is 0 Å². The summed E-state index contributed by atoms with van der Waals surface area (Å²) in [6.07, 6.45) is 9.75. The summed E-state index contributed by atoms with van der Waals surface area (Å²) in [5, 5.41) is 9.58. The number of hydrogen-bond acceptors (Lipinski definition) is 3. The van der Waals surface area contributed by atoms with Crippen LogP contribution in [0.1, 0.15) is 27.7 Å². The van der Waals surface area contributed by atoms with Crippen LogP contribution in [0.4, 0.5) is 0 Å². The molecule has 0 aromatic carbocycles. The Morgan fingerprint density at radius 2 is 1.31 bits per heavy atom. The van der Waals surface area contributed by atoms with Crippen molar-refractivity contribution in [1.29, 1.82) is 0 Å². The minimum Gasteiger partial charge on any atom is -0.388 e. The molecule has 90 valence electrons. The van der Waals surface area contributed by atoms with Crippen LogP contribution in [0.5, 0.6) is 0 Å². The molecule has 0 unspecified atom stereocenters. The van der Waals surface area contributed by atoms with Crippen LogP contribution in [0.15, 0.2) is 0 Å². The van der Waals surface area contributed by atoms with Crippen molar-refractivity contribution in [2.24, 2.45) is 0 Å². The topological polar surface area (TPSA) is 38.7 Å². The Bertz CT molecular complexity index is 261. The summed E-state index contributed by atoms with van der Waals surface area (Å²) >= 11 is 0. The zero-order valence-electron chi connectivity index (χ0n) is 10.4. The normalized spacial score (nSPS) is 12.2. The van der Waals surface area contributed by atoms with Gasteiger partial charge in [-0.2, -0.15) is 0 Å². The molecule has 0 aromatic rings. The van der Waals surface area contributed by atoms with Crippen molar-refractivity contribution in [3.8, 4) is 24.7 Å². The maximum Gasteiger partial charge on any atom is 0.122 e. The van der Waals surface area contributed by atoms with E-state index in [0.717, 1.165) is 0 Å². The number of hydrogen-bond donors (Lipinski definition) is 1. The van der Waals surface area contributed by atoms with E-state index in [1.807, 2.05) is 0 Å². The molecule has 3 nitrogen and oxygen atoms in total. The van der Waals surface area contributed by atoms with Gasteiger partial charge in [0.2, 0.25) is 0 Å². The van der Waals surface area contributed by atoms with Gasteiger partial charge in [-0.15, -0.1) is 12.8 Å². The van der Waals surface area contributed by atoms with Crippen LogP contribution in [0.25, 0.3) is 0 Å². The van der Waals surface area contributed by atoms with E-state index in [9.17, 15) is 5.11 Å². The average Bonchev–Trinajstić information content (AvgIpc) is 2.24. The van der Waals surface area contributed by atoms with Gasteiger partial charge in [0.25, 0.3) is 0 Å². The van der Waals surface area contributed by atoms with Gasteiger partial charge in [0, 0.05) is 0 Å². The highest BCUT2D eigenvalue weighted by molar-refractivity contribution is 5.03. The molecule has 16 heavy (non-hydrogen) atoms. The molecule has 0 aliphatic carbocycles. The van der Waals surface area contributed by atoms with Crippen molar-refractivity contribution >= 4 is 0 Å². The van der Waals surface area contributed by atoms with Gasteiger partial charge in [0.15, 0.2) is 0 Å². The zero-order valence-corrected chi connectivity index (χ0v) is 10.4. The van der Waals surface area contributed by atoms with Crippen molar-refractivity contribution in [3.05, 3.63) is 0 Å². The summed E-state index contributed by atoms with van der Waals surface area (Å²) in [5.41, 5.74) is -1.36. The van der Waals surface area contributed by atoms with Crippen LogP contribution in [0, 0.1) is 24.7 Å². The van der Waals surface area contributed by atoms with Crippen LogP contribution >= 0.6 is 0 Å². The van der Waals surface area contributed by atoms with Crippen molar-refractivity contribution in [2.45, 2.75) is 45.0 Å². The molecule has 0 radical (unpaired) electrons. The minimum atomic E-state index is -0.736. The van der Waals surface area contributed by atoms with E-state index >= 15 is 0 Å². The quantitative estimate of drug-likeness (QED) is 0.689. The van der Waals surface area contributed by atoms with Gasteiger partial charge in [-0.25, -0.2) is 0 Å². The number of aliphatic hydroxyl groups is 1. The third-order valence-corrected chi connectivity index (χ3v) is 1.97. The second-order valence-electron chi connectivity index (χ2n) is 4.59. The van der Waals surface area contributed by atoms with E-state index in [4.69, 9.17) is 22.3 Å². The molecule has 3 heteroatoms. The lowest BCUT2D eigenvalue weighted by atomic mass is 10.1. The maximum atomic E-state index is 9.58. The molecule has 0 rings (SSSR count). The molecule has 0 atom stereocenters. The second-order valence-corrected chi connectivity index (χ2v) is 4.59. The molecular weight excluding hydrogens is 204 g/mol. The Morgan fingerprint density at radius 1 is 1.00 bits per heavy atom. The highest BCUT2D eigenvalue weighted by Gasteiger charge is 2.19. The predicted octanol–water partition coefficient (Wildman–Crippen LogP) is 1.20. The van der Waals surface area contributed by atoms with Gasteiger partial charge >= 0.3 is 0 Å². The van der Waals surface area contributed by atoms with Crippen LogP contribution in [-0.4, -0.2) is 35.6 Å². The minimum absolute atomic E-state index is 0.123. The molecule has 0 bridgehead atoms. The van der Waals surface area contributed by atoms with Crippen LogP contribution in [0.3, 0.4) is 0 Å². The van der Waals surface area contributed by atoms with E-state index in [2.05, 4.69) is 11.8 Å². The number of terminal acetylenes is 2. The molecule has 0 heterocycles. The van der Waals surface area contributed by atoms with Gasteiger partial charge in [-0.1, -0.05) is 11.8 Å². The molecule has 0 saturated carbocycles. The van der Waals surface area contributed by atoms with E-state index < -0.39 is 17.3 Å². The number of aliphatic hydroxyl groups excluding tert-OH is 1. The van der Waals surface area contributed by atoms with Gasteiger partial charge in [0.05, 0.1) is 13.2 Å². The third-order valence-electron chi connectivity index (χ3n) is 1.97. The van der Waals surface area contributed by atoms with E-state index in [-0.39, 0.29) is 13.2 Å². The van der Waals surface area contributed by atoms with Gasteiger partial charge < -0.3 is 14.6 Å². The zero-order chi connectivity index (χ0) is 12.8. The average molecular weight is 224 g/mol. The smallest absolute Gasteiger partial charge is 0.122 e. The SMILES string of the molecule is C#CC(C)(C)OCC(O)COC(C)(C)C#C. The number of rotatable bonds is 6. The highest BCUT2D eigenvalue weighted by atomic mass is 16.5. The van der Waals surface area contributed by atoms with Gasteiger partial charge in [0.1, 0.15) is 17.3 Å². The predicted molar refractivity (Wildman–Crippen MR) is 63.7 cm³/mol. The molecule has 0 aliphatic heterocycles. The Balaban J connectivity index is 3.91. The summed E-state index contributed by atoms with van der Waals surface area (Å²) in [6.45, 7) is 7.27. The molecule has 0 saturated heterocycles. The van der Waals surface area contributed by atoms with E-state index in [1.54, 1.807) is 27.7 Å². The number of ether oxygens (including phenoxy) is 2. The standard InChI is InChI=1S/C13H20O3/c1-7-12(3,4)15-9-11(14)10-16-13(5,6)8-2/h1-2,11,14H,9-10H2,3-6H3. The molecule has 0 spiro atoms. The van der Waals surface area contributed by atoms with Gasteiger partial charge in [-0.05, 0) is 27.7 Å². The van der Waals surface area contributed by atoms with Crippen molar-refractivity contribution in [2.75, 3.05) is 13.2 Å². The molecule has 0 amide bonds. The first-order valence-corrected chi connectivity index (χ1v) is 5.14. The summed E-state index contributed by atoms with van der Waals surface area (Å²) in [5.74, 6) is 4.95. The molecule has 0 aliphatic rings. The fraction of sp³-hybridized carbons (Fsp3) is 0.692. The maximum absolute atomic E-state index is 9.58. The summed E-state index contributed by atoms with van der Waals surface area (Å²) in [6, 6.07) is 0. The fourth-order valence-electron chi connectivity index (χ4n) is 0.740. The molecule has 0 fully saturated rings. The van der Waals surface area contributed by atoms with E-state index in [1.165, 1.54) is 0 Å². The van der Waals surface area contributed by atoms with Crippen molar-refractivity contribution < 1.29 is 14.6 Å². The monoisotopic (exact) mass is 224 g/mol. The first-order valence-electron chi connectivity index (χ1n) is 5.14. The molecule has 1 N–H and O–H groups in total. The van der Waals surface area contributed by atoms with Crippen LogP contribution in [0.2, 0.25) is 0 Å². The van der Waals surface area contributed by atoms with Gasteiger partial charge in [-0.3, -0.25) is 0 Å². The summed E-state index contributed by atoms with van der Waals surface area (Å²) in [7, 11) is 0. The van der Waals surface area contributed by atoms with Crippen molar-refractivity contribution in [3.63, 3.8) is 0 Å². The molecular formula is C13H20O3. The fourth-order valence-corrected chi connectivity index (χ4v) is 0.740. The largest absolute Gasteiger partial charge is 0.388 e. The summed E-state index contributed by atoms with van der Waals surface area (Å²) in [4.78, 5) is 0.